The molecular weight excluding hydrogens is 875 g/mol. The van der Waals surface area contributed by atoms with Crippen molar-refractivity contribution in [2.24, 2.45) is 0 Å². The van der Waals surface area contributed by atoms with Gasteiger partial charge < -0.3 is 20.3 Å². The number of rotatable bonds is 59. The van der Waals surface area contributed by atoms with E-state index in [4.69, 9.17) is 4.74 Å². The van der Waals surface area contributed by atoms with Gasteiger partial charge in [0.1, 0.15) is 0 Å². The highest BCUT2D eigenvalue weighted by Crippen LogP contribution is 2.17. The number of ether oxygens (including phenoxy) is 1. The van der Waals surface area contributed by atoms with Crippen LogP contribution in [0.15, 0.2) is 36.5 Å². The average molecular weight is 999 g/mol. The minimum absolute atomic E-state index is 0.00794. The Bertz CT molecular complexity index is 1150. The standard InChI is InChI=1S/C65H123NO5/c1-3-5-7-9-11-13-15-35-39-43-47-51-55-59-65(70)71-60-56-52-48-44-40-37-34-32-30-28-26-24-22-20-18-16-17-19-21-23-25-27-29-31-33-36-38-42-46-50-54-58-64(69)66-62(61-67)63(68)57-53-49-45-41-14-12-10-8-6-4-2/h13,15,18,20,53,57,62-63,67-68H,3-12,14,16-17,19,21-52,54-56,58-61H2,1-2H3,(H,66,69)/b15-13-,20-18-,57-53+. The van der Waals surface area contributed by atoms with Crippen molar-refractivity contribution in [1.82, 2.24) is 5.32 Å². The number of hydrogen-bond donors (Lipinski definition) is 3. The van der Waals surface area contributed by atoms with Gasteiger partial charge in [0.2, 0.25) is 5.91 Å². The van der Waals surface area contributed by atoms with Gasteiger partial charge in [0.25, 0.3) is 0 Å². The van der Waals surface area contributed by atoms with Crippen molar-refractivity contribution in [1.29, 1.82) is 0 Å². The van der Waals surface area contributed by atoms with Crippen LogP contribution in [-0.4, -0.2) is 47.4 Å². The summed E-state index contributed by atoms with van der Waals surface area (Å²) in [6.07, 6.45) is 76.4. The second-order valence-electron chi connectivity index (χ2n) is 21.7. The van der Waals surface area contributed by atoms with Crippen LogP contribution in [0, 0.1) is 0 Å². The summed E-state index contributed by atoms with van der Waals surface area (Å²) in [5, 5.41) is 23.0. The second kappa shape index (κ2) is 60.6. The topological polar surface area (TPSA) is 95.9 Å². The van der Waals surface area contributed by atoms with Crippen LogP contribution < -0.4 is 5.32 Å². The van der Waals surface area contributed by atoms with Crippen LogP contribution in [-0.2, 0) is 14.3 Å². The molecule has 0 aromatic heterocycles. The molecule has 0 radical (unpaired) electrons. The van der Waals surface area contributed by atoms with Crippen molar-refractivity contribution >= 4 is 11.9 Å². The van der Waals surface area contributed by atoms with E-state index in [9.17, 15) is 19.8 Å². The van der Waals surface area contributed by atoms with Crippen LogP contribution >= 0.6 is 0 Å². The number of nitrogens with one attached hydrogen (secondary N) is 1. The number of amides is 1. The highest BCUT2D eigenvalue weighted by atomic mass is 16.5. The molecule has 0 aliphatic carbocycles. The van der Waals surface area contributed by atoms with Gasteiger partial charge in [-0.2, -0.15) is 0 Å². The molecule has 2 atom stereocenters. The molecule has 0 rings (SSSR count). The largest absolute Gasteiger partial charge is 0.466 e. The summed E-state index contributed by atoms with van der Waals surface area (Å²) in [6, 6.07) is -0.624. The predicted octanol–water partition coefficient (Wildman–Crippen LogP) is 20.0. The SMILES string of the molecule is CCCCCC/C=C\CCCCCCCC(=O)OCCCCCCCCCCCCCC/C=C\CCCCCCCCCCCCCCCCCC(=O)NC(CO)C(O)/C=C/CCCCCCCCCC. The van der Waals surface area contributed by atoms with Crippen molar-refractivity contribution in [3.8, 4) is 0 Å². The molecule has 418 valence electrons. The van der Waals surface area contributed by atoms with Crippen LogP contribution in [0.3, 0.4) is 0 Å². The fourth-order valence-electron chi connectivity index (χ4n) is 9.74. The van der Waals surface area contributed by atoms with E-state index in [2.05, 4.69) is 43.5 Å². The Morgan fingerprint density at radius 3 is 1.01 bits per heavy atom. The lowest BCUT2D eigenvalue weighted by molar-refractivity contribution is -0.143. The Morgan fingerprint density at radius 1 is 0.380 bits per heavy atom. The van der Waals surface area contributed by atoms with Crippen molar-refractivity contribution in [3.63, 3.8) is 0 Å². The fraction of sp³-hybridized carbons (Fsp3) is 0.877. The Kier molecular flexibility index (Phi) is 59.0. The molecule has 0 saturated carbocycles. The van der Waals surface area contributed by atoms with Crippen LogP contribution in [0.1, 0.15) is 341 Å². The first-order valence-electron chi connectivity index (χ1n) is 31.8. The molecule has 6 nitrogen and oxygen atoms in total. The average Bonchev–Trinajstić information content (AvgIpc) is 3.37. The van der Waals surface area contributed by atoms with E-state index in [1.54, 1.807) is 6.08 Å². The lowest BCUT2D eigenvalue weighted by Gasteiger charge is -2.20. The summed E-state index contributed by atoms with van der Waals surface area (Å²) in [4.78, 5) is 24.4. The third kappa shape index (κ3) is 57.2. The Balaban J connectivity index is 3.35. The molecule has 0 heterocycles. The molecule has 0 aromatic rings. The number of hydrogen-bond acceptors (Lipinski definition) is 5. The normalized spacial score (nSPS) is 12.8. The first-order chi connectivity index (χ1) is 35.0. The summed E-state index contributed by atoms with van der Waals surface area (Å²) in [6.45, 7) is 4.88. The molecule has 0 bridgehead atoms. The van der Waals surface area contributed by atoms with Gasteiger partial charge in [-0.15, -0.1) is 0 Å². The van der Waals surface area contributed by atoms with Gasteiger partial charge in [-0.1, -0.05) is 281 Å². The van der Waals surface area contributed by atoms with Gasteiger partial charge in [0.05, 0.1) is 25.4 Å². The Hall–Kier alpha value is -1.92. The van der Waals surface area contributed by atoms with Crippen molar-refractivity contribution < 1.29 is 24.5 Å². The van der Waals surface area contributed by atoms with Crippen LogP contribution in [0.5, 0.6) is 0 Å². The molecule has 0 aliphatic rings. The van der Waals surface area contributed by atoms with E-state index in [1.165, 1.54) is 270 Å². The minimum Gasteiger partial charge on any atom is -0.466 e. The molecule has 0 fully saturated rings. The van der Waals surface area contributed by atoms with E-state index in [0.717, 1.165) is 44.9 Å². The van der Waals surface area contributed by atoms with Crippen LogP contribution in [0.4, 0.5) is 0 Å². The van der Waals surface area contributed by atoms with Gasteiger partial charge in [0.15, 0.2) is 0 Å². The third-order valence-electron chi connectivity index (χ3n) is 14.6. The minimum atomic E-state index is -0.841. The van der Waals surface area contributed by atoms with E-state index in [1.807, 2.05) is 6.08 Å². The first-order valence-corrected chi connectivity index (χ1v) is 31.8. The van der Waals surface area contributed by atoms with Crippen LogP contribution in [0.2, 0.25) is 0 Å². The highest BCUT2D eigenvalue weighted by Gasteiger charge is 2.18. The van der Waals surface area contributed by atoms with E-state index in [0.29, 0.717) is 19.4 Å². The zero-order valence-electron chi connectivity index (χ0n) is 47.7. The zero-order chi connectivity index (χ0) is 51.4. The number of aliphatic hydroxyl groups excluding tert-OH is 2. The number of carbonyl (C=O) groups is 2. The number of allylic oxidation sites excluding steroid dienone is 5. The Labute approximate surface area is 443 Å². The van der Waals surface area contributed by atoms with Crippen molar-refractivity contribution in [2.45, 2.75) is 353 Å². The fourth-order valence-corrected chi connectivity index (χ4v) is 9.74. The summed E-state index contributed by atoms with van der Waals surface area (Å²) in [5.41, 5.74) is 0. The van der Waals surface area contributed by atoms with Gasteiger partial charge in [-0.05, 0) is 83.5 Å². The summed E-state index contributed by atoms with van der Waals surface area (Å²) < 4.78 is 5.47. The highest BCUT2D eigenvalue weighted by molar-refractivity contribution is 5.76. The smallest absolute Gasteiger partial charge is 0.305 e. The summed E-state index contributed by atoms with van der Waals surface area (Å²) in [7, 11) is 0. The molecule has 0 aliphatic heterocycles. The third-order valence-corrected chi connectivity index (χ3v) is 14.6. The maximum Gasteiger partial charge on any atom is 0.305 e. The molecule has 0 aromatic carbocycles. The van der Waals surface area contributed by atoms with Gasteiger partial charge in [-0.3, -0.25) is 9.59 Å². The lowest BCUT2D eigenvalue weighted by Crippen LogP contribution is -2.45. The van der Waals surface area contributed by atoms with Crippen LogP contribution in [0.25, 0.3) is 0 Å². The molecule has 71 heavy (non-hydrogen) atoms. The van der Waals surface area contributed by atoms with Gasteiger partial charge >= 0.3 is 5.97 Å². The van der Waals surface area contributed by atoms with E-state index >= 15 is 0 Å². The predicted molar refractivity (Wildman–Crippen MR) is 310 cm³/mol. The monoisotopic (exact) mass is 998 g/mol. The van der Waals surface area contributed by atoms with Gasteiger partial charge in [-0.25, -0.2) is 0 Å². The van der Waals surface area contributed by atoms with Gasteiger partial charge in [0, 0.05) is 12.8 Å². The van der Waals surface area contributed by atoms with Crippen molar-refractivity contribution in [3.05, 3.63) is 36.5 Å². The summed E-state index contributed by atoms with van der Waals surface area (Å²) >= 11 is 0. The summed E-state index contributed by atoms with van der Waals surface area (Å²) in [5.74, 6) is -0.0592. The van der Waals surface area contributed by atoms with E-state index < -0.39 is 12.1 Å². The Morgan fingerprint density at radius 2 is 0.662 bits per heavy atom. The zero-order valence-corrected chi connectivity index (χ0v) is 47.7. The molecular formula is C65H123NO5. The molecule has 6 heteroatoms. The maximum absolute atomic E-state index is 12.4. The number of unbranched alkanes of at least 4 members (excludes halogenated alkanes) is 44. The quantitative estimate of drug-likeness (QED) is 0.0321. The molecule has 3 N–H and O–H groups in total. The molecule has 0 spiro atoms. The molecule has 2 unspecified atom stereocenters. The number of carbonyl (C=O) groups excluding carboxylic acids is 2. The molecule has 0 saturated heterocycles. The first kappa shape index (κ1) is 69.1. The number of esters is 1. The maximum atomic E-state index is 12.4. The molecule has 1 amide bonds. The van der Waals surface area contributed by atoms with Crippen molar-refractivity contribution in [2.75, 3.05) is 13.2 Å². The van der Waals surface area contributed by atoms with E-state index in [-0.39, 0.29) is 18.5 Å². The lowest BCUT2D eigenvalue weighted by atomic mass is 10.0. The second-order valence-corrected chi connectivity index (χ2v) is 21.7. The number of aliphatic hydroxyl groups is 2.